The highest BCUT2D eigenvalue weighted by Crippen LogP contribution is 2.32. The normalized spacial score (nSPS) is 19.8. The molecule has 5 rings (SSSR count). The minimum Gasteiger partial charge on any atom is -0.497 e. The zero-order valence-corrected chi connectivity index (χ0v) is 21.8. The highest BCUT2D eigenvalue weighted by atomic mass is 35.5. The number of anilines is 1. The minimum absolute atomic E-state index is 0.0374. The van der Waals surface area contributed by atoms with Crippen LogP contribution in [0.15, 0.2) is 47.4 Å². The number of fused-ring (bicyclic) bond motifs is 1. The fourth-order valence-corrected chi connectivity index (χ4v) is 7.47. The molecule has 2 aliphatic rings. The summed E-state index contributed by atoms with van der Waals surface area (Å²) < 4.78 is 34.0. The number of halogens is 1. The first kappa shape index (κ1) is 24.3. The van der Waals surface area contributed by atoms with Crippen LogP contribution in [-0.2, 0) is 14.8 Å². The number of hydrogen-bond donors (Lipinski definition) is 0. The van der Waals surface area contributed by atoms with Crippen LogP contribution in [-0.4, -0.2) is 74.9 Å². The predicted octanol–water partition coefficient (Wildman–Crippen LogP) is 3.71. The molecular weight excluding hydrogens is 508 g/mol. The van der Waals surface area contributed by atoms with E-state index < -0.39 is 10.0 Å². The Labute approximate surface area is 214 Å². The SMILES string of the molecule is COc1ccc(S(=O)(=O)N2CCCC(C(=O)N3CCN(c4nc5ccc(Cl)cc5s4)CC3)C2)cc1. The molecule has 0 aliphatic carbocycles. The zero-order valence-electron chi connectivity index (χ0n) is 19.4. The van der Waals surface area contributed by atoms with Gasteiger partial charge in [-0.15, -0.1) is 0 Å². The number of piperidine rings is 1. The van der Waals surface area contributed by atoms with Gasteiger partial charge in [-0.1, -0.05) is 22.9 Å². The van der Waals surface area contributed by atoms with E-state index in [1.54, 1.807) is 42.7 Å². The Morgan fingerprint density at radius 2 is 1.83 bits per heavy atom. The van der Waals surface area contributed by atoms with Gasteiger partial charge < -0.3 is 14.5 Å². The summed E-state index contributed by atoms with van der Waals surface area (Å²) in [5.41, 5.74) is 0.924. The Bertz CT molecular complexity index is 1320. The lowest BCUT2D eigenvalue weighted by molar-refractivity contribution is -0.137. The molecule has 0 saturated carbocycles. The van der Waals surface area contributed by atoms with Crippen molar-refractivity contribution in [3.63, 3.8) is 0 Å². The second-order valence-electron chi connectivity index (χ2n) is 8.80. The van der Waals surface area contributed by atoms with Gasteiger partial charge in [0.2, 0.25) is 15.9 Å². The van der Waals surface area contributed by atoms with Gasteiger partial charge in [-0.2, -0.15) is 4.31 Å². The van der Waals surface area contributed by atoms with Crippen molar-refractivity contribution in [3.05, 3.63) is 47.5 Å². The molecule has 0 N–H and O–H groups in total. The summed E-state index contributed by atoms with van der Waals surface area (Å²) in [6, 6.07) is 12.1. The maximum atomic E-state index is 13.3. The van der Waals surface area contributed by atoms with Crippen molar-refractivity contribution in [2.45, 2.75) is 17.7 Å². The Morgan fingerprint density at radius 1 is 1.09 bits per heavy atom. The third-order valence-electron chi connectivity index (χ3n) is 6.63. The molecule has 0 spiro atoms. The van der Waals surface area contributed by atoms with Gasteiger partial charge in [-0.05, 0) is 55.3 Å². The number of thiazole rings is 1. The van der Waals surface area contributed by atoms with Crippen LogP contribution in [0.3, 0.4) is 0 Å². The topological polar surface area (TPSA) is 83.0 Å². The summed E-state index contributed by atoms with van der Waals surface area (Å²) in [6.45, 7) is 3.22. The number of rotatable bonds is 5. The average molecular weight is 535 g/mol. The lowest BCUT2D eigenvalue weighted by atomic mass is 9.98. The molecule has 1 unspecified atom stereocenters. The number of carbonyl (C=O) groups excluding carboxylic acids is 1. The van der Waals surface area contributed by atoms with Gasteiger partial charge in [-0.25, -0.2) is 13.4 Å². The molecule has 11 heteroatoms. The number of methoxy groups -OCH3 is 1. The van der Waals surface area contributed by atoms with Gasteiger partial charge in [0.05, 0.1) is 28.1 Å². The Kier molecular flexibility index (Phi) is 6.89. The third kappa shape index (κ3) is 4.97. The van der Waals surface area contributed by atoms with Crippen molar-refractivity contribution in [1.82, 2.24) is 14.2 Å². The first-order valence-corrected chi connectivity index (χ1v) is 14.2. The number of amides is 1. The van der Waals surface area contributed by atoms with Crippen LogP contribution in [0.2, 0.25) is 5.02 Å². The van der Waals surface area contributed by atoms with E-state index in [1.165, 1.54) is 4.31 Å². The van der Waals surface area contributed by atoms with Crippen LogP contribution < -0.4 is 9.64 Å². The predicted molar refractivity (Wildman–Crippen MR) is 138 cm³/mol. The number of carbonyl (C=O) groups is 1. The molecule has 1 amide bonds. The lowest BCUT2D eigenvalue weighted by Crippen LogP contribution is -2.53. The number of nitrogens with zero attached hydrogens (tertiary/aromatic N) is 4. The van der Waals surface area contributed by atoms with E-state index in [-0.39, 0.29) is 23.3 Å². The highest BCUT2D eigenvalue weighted by molar-refractivity contribution is 7.89. The third-order valence-corrected chi connectivity index (χ3v) is 9.83. The van der Waals surface area contributed by atoms with Crippen molar-refractivity contribution in [1.29, 1.82) is 0 Å². The van der Waals surface area contributed by atoms with Gasteiger partial charge in [0.25, 0.3) is 0 Å². The van der Waals surface area contributed by atoms with Gasteiger partial charge in [-0.3, -0.25) is 4.79 Å². The summed E-state index contributed by atoms with van der Waals surface area (Å²) >= 11 is 7.71. The number of piperazine rings is 1. The standard InChI is InChI=1S/C24H27ClN4O4S2/c1-33-19-5-7-20(8-6-19)35(31,32)29-10-2-3-17(16-29)23(30)27-11-13-28(14-12-27)24-26-21-9-4-18(25)15-22(21)34-24/h4-9,15,17H,2-3,10-14,16H2,1H3. The van der Waals surface area contributed by atoms with E-state index in [1.807, 2.05) is 23.1 Å². The Morgan fingerprint density at radius 3 is 2.54 bits per heavy atom. The second kappa shape index (κ2) is 9.93. The van der Waals surface area contributed by atoms with Crippen LogP contribution in [0.1, 0.15) is 12.8 Å². The number of aromatic nitrogens is 1. The van der Waals surface area contributed by atoms with Crippen LogP contribution in [0.4, 0.5) is 5.13 Å². The first-order valence-electron chi connectivity index (χ1n) is 11.6. The summed E-state index contributed by atoms with van der Waals surface area (Å²) in [4.78, 5) is 22.3. The summed E-state index contributed by atoms with van der Waals surface area (Å²) in [6.07, 6.45) is 1.37. The molecule has 1 aromatic heterocycles. The second-order valence-corrected chi connectivity index (χ2v) is 12.2. The molecule has 0 bridgehead atoms. The zero-order chi connectivity index (χ0) is 24.6. The van der Waals surface area contributed by atoms with Gasteiger partial charge in [0.1, 0.15) is 5.75 Å². The monoisotopic (exact) mass is 534 g/mol. The molecule has 2 saturated heterocycles. The smallest absolute Gasteiger partial charge is 0.243 e. The quantitative estimate of drug-likeness (QED) is 0.496. The van der Waals surface area contributed by atoms with Crippen molar-refractivity contribution in [3.8, 4) is 5.75 Å². The number of ether oxygens (including phenoxy) is 1. The van der Waals surface area contributed by atoms with E-state index in [9.17, 15) is 13.2 Å². The van der Waals surface area contributed by atoms with E-state index in [4.69, 9.17) is 21.3 Å². The molecule has 2 fully saturated rings. The summed E-state index contributed by atoms with van der Waals surface area (Å²) in [5.74, 6) is 0.313. The molecule has 8 nitrogen and oxygen atoms in total. The molecule has 2 aliphatic heterocycles. The molecule has 1 atom stereocenters. The molecule has 3 aromatic rings. The average Bonchev–Trinajstić information content (AvgIpc) is 3.31. The van der Waals surface area contributed by atoms with Crippen molar-refractivity contribution >= 4 is 54.2 Å². The minimum atomic E-state index is -3.66. The molecule has 35 heavy (non-hydrogen) atoms. The molecular formula is C24H27ClN4O4S2. The van der Waals surface area contributed by atoms with Crippen LogP contribution in [0.5, 0.6) is 5.75 Å². The van der Waals surface area contributed by atoms with E-state index in [0.717, 1.165) is 15.3 Å². The first-order chi connectivity index (χ1) is 16.8. The van der Waals surface area contributed by atoms with Gasteiger partial charge in [0, 0.05) is 44.3 Å². The maximum Gasteiger partial charge on any atom is 0.243 e. The van der Waals surface area contributed by atoms with Crippen LogP contribution in [0, 0.1) is 5.92 Å². The van der Waals surface area contributed by atoms with Crippen LogP contribution >= 0.6 is 22.9 Å². The van der Waals surface area contributed by atoms with Gasteiger partial charge >= 0.3 is 0 Å². The van der Waals surface area contributed by atoms with Gasteiger partial charge in [0.15, 0.2) is 5.13 Å². The molecule has 186 valence electrons. The molecule has 2 aromatic carbocycles. The Hall–Kier alpha value is -2.40. The van der Waals surface area contributed by atoms with E-state index in [2.05, 4.69) is 4.90 Å². The van der Waals surface area contributed by atoms with E-state index in [0.29, 0.717) is 56.3 Å². The van der Waals surface area contributed by atoms with Crippen molar-refractivity contribution in [2.24, 2.45) is 5.92 Å². The van der Waals surface area contributed by atoms with Crippen LogP contribution in [0.25, 0.3) is 10.2 Å². The fourth-order valence-electron chi connectivity index (χ4n) is 4.66. The number of sulfonamides is 1. The molecule has 3 heterocycles. The maximum absolute atomic E-state index is 13.3. The van der Waals surface area contributed by atoms with E-state index >= 15 is 0 Å². The number of hydrogen-bond acceptors (Lipinski definition) is 7. The summed E-state index contributed by atoms with van der Waals surface area (Å²) in [7, 11) is -2.12. The molecule has 0 radical (unpaired) electrons. The summed E-state index contributed by atoms with van der Waals surface area (Å²) in [5, 5.41) is 1.63. The van der Waals surface area contributed by atoms with Crippen molar-refractivity contribution in [2.75, 3.05) is 51.3 Å². The van der Waals surface area contributed by atoms with Crippen molar-refractivity contribution < 1.29 is 17.9 Å². The largest absolute Gasteiger partial charge is 0.497 e. The lowest BCUT2D eigenvalue weighted by Gasteiger charge is -2.38. The number of benzene rings is 2. The highest BCUT2D eigenvalue weighted by Gasteiger charge is 2.36. The fraction of sp³-hybridized carbons (Fsp3) is 0.417. The Balaban J connectivity index is 1.21.